The first-order valence-corrected chi connectivity index (χ1v) is 19.4. The molecule has 6 rings (SSSR count). The Morgan fingerprint density at radius 1 is 1.08 bits per heavy atom. The van der Waals surface area contributed by atoms with Gasteiger partial charge in [-0.2, -0.15) is 0 Å². The van der Waals surface area contributed by atoms with Crippen molar-refractivity contribution in [3.05, 3.63) is 47.2 Å². The number of nitrogens with one attached hydrogen (secondary N) is 1. The van der Waals surface area contributed by atoms with Crippen LogP contribution in [0.2, 0.25) is 0 Å². The summed E-state index contributed by atoms with van der Waals surface area (Å²) in [4.78, 5) is 29.8. The van der Waals surface area contributed by atoms with E-state index in [-0.39, 0.29) is 29.3 Å². The topological polar surface area (TPSA) is 155 Å². The van der Waals surface area contributed by atoms with Crippen molar-refractivity contribution >= 4 is 17.4 Å². The minimum absolute atomic E-state index is 0.0162. The van der Waals surface area contributed by atoms with E-state index >= 15 is 0 Å². The van der Waals surface area contributed by atoms with Crippen molar-refractivity contribution in [2.75, 3.05) is 19.4 Å². The number of aliphatic hydroxyl groups excluding tert-OH is 2. The summed E-state index contributed by atoms with van der Waals surface area (Å²) in [5.41, 5.74) is 8.83. The van der Waals surface area contributed by atoms with Gasteiger partial charge in [0.2, 0.25) is 0 Å². The third-order valence-electron chi connectivity index (χ3n) is 12.7. The van der Waals surface area contributed by atoms with Gasteiger partial charge in [0.05, 0.1) is 19.3 Å². The lowest BCUT2D eigenvalue weighted by atomic mass is 9.63. The van der Waals surface area contributed by atoms with Crippen LogP contribution in [0.15, 0.2) is 30.5 Å². The van der Waals surface area contributed by atoms with E-state index in [9.17, 15) is 24.9 Å². The molecule has 1 aromatic heterocycles. The molecule has 3 aliphatic carbocycles. The van der Waals surface area contributed by atoms with Gasteiger partial charge in [0, 0.05) is 37.4 Å². The quantitative estimate of drug-likeness (QED) is 0.163. The largest absolute Gasteiger partial charge is 0.504 e. The van der Waals surface area contributed by atoms with Crippen molar-refractivity contribution < 1.29 is 29.6 Å². The van der Waals surface area contributed by atoms with Crippen molar-refractivity contribution in [2.24, 2.45) is 23.2 Å². The van der Waals surface area contributed by atoms with Gasteiger partial charge >= 0.3 is 0 Å². The van der Waals surface area contributed by atoms with Crippen LogP contribution in [-0.2, 0) is 22.4 Å². The zero-order valence-electron chi connectivity index (χ0n) is 30.2. The number of pyridine rings is 1. The summed E-state index contributed by atoms with van der Waals surface area (Å²) in [5, 5.41) is 37.0. The SMILES string of the molecule is COc1cc2c(cc1O)C(CCC(O)CCc1ccnc(N)c1)C#CC(C(O)CCCC1(C3CNC4CC(=O)CCC4C3)CCCC1)C(=O)CC2. The number of Topliss-reactive ketones (excluding diaryl/α,β-unsaturated/α-hetero) is 2. The molecule has 0 bridgehead atoms. The number of hydrogen-bond donors (Lipinski definition) is 5. The Balaban J connectivity index is 1.12. The van der Waals surface area contributed by atoms with Gasteiger partial charge < -0.3 is 31.1 Å². The number of nitrogens with zero attached hydrogens (tertiary/aromatic N) is 1. The molecule has 7 unspecified atom stereocenters. The molecule has 1 saturated heterocycles. The lowest BCUT2D eigenvalue weighted by Gasteiger charge is -2.47. The molecular formula is C42H57N3O6. The van der Waals surface area contributed by atoms with E-state index in [1.54, 1.807) is 18.3 Å². The number of ketones is 2. The maximum absolute atomic E-state index is 13.7. The molecular weight excluding hydrogens is 642 g/mol. The van der Waals surface area contributed by atoms with Gasteiger partial charge in [0.25, 0.3) is 0 Å². The first kappa shape index (κ1) is 37.3. The molecule has 7 atom stereocenters. The normalized spacial score (nSPS) is 27.2. The molecule has 2 saturated carbocycles. The average molecular weight is 700 g/mol. The molecule has 1 aromatic carbocycles. The number of carbonyl (C=O) groups is 2. The maximum Gasteiger partial charge on any atom is 0.160 e. The summed E-state index contributed by atoms with van der Waals surface area (Å²) in [7, 11) is 1.51. The fraction of sp³-hybridized carbons (Fsp3) is 0.643. The Kier molecular flexibility index (Phi) is 12.4. The standard InChI is InChI=1S/C42H57N3O6/c1-51-40-23-29-10-15-38(49)34(14-9-28(35(29)25-39(40)50)7-12-32(46)11-6-27-16-20-44-41(43)21-27)37(48)5-4-19-42(17-2-3-18-42)31-22-30-8-13-33(47)24-36(30)45-26-31/h16,20-21,23,25,28,30-32,34,36-37,45-46,48,50H,2-8,10-13,15,17-19,22,24,26H2,1H3,(H2,43,44). The number of phenolic OH excluding ortho intramolecular Hbond substituents is 1. The lowest BCUT2D eigenvalue weighted by molar-refractivity contribution is -0.124. The fourth-order valence-electron chi connectivity index (χ4n) is 9.68. The number of rotatable bonds is 13. The average Bonchev–Trinajstić information content (AvgIpc) is 3.62. The zero-order valence-corrected chi connectivity index (χ0v) is 30.2. The van der Waals surface area contributed by atoms with Crippen LogP contribution in [0.25, 0.3) is 0 Å². The Hall–Kier alpha value is -3.45. The van der Waals surface area contributed by atoms with Crippen molar-refractivity contribution in [1.29, 1.82) is 0 Å². The van der Waals surface area contributed by atoms with Gasteiger partial charge in [0.15, 0.2) is 17.3 Å². The predicted octanol–water partition coefficient (Wildman–Crippen LogP) is 5.81. The summed E-state index contributed by atoms with van der Waals surface area (Å²) < 4.78 is 5.40. The number of ether oxygens (including phenoxy) is 1. The van der Waals surface area contributed by atoms with E-state index in [0.717, 1.165) is 42.5 Å². The maximum atomic E-state index is 13.7. The highest BCUT2D eigenvalue weighted by atomic mass is 16.5. The van der Waals surface area contributed by atoms with Crippen molar-refractivity contribution in [1.82, 2.24) is 10.3 Å². The van der Waals surface area contributed by atoms with E-state index in [1.807, 2.05) is 12.1 Å². The summed E-state index contributed by atoms with van der Waals surface area (Å²) >= 11 is 0. The Labute approximate surface area is 303 Å². The summed E-state index contributed by atoms with van der Waals surface area (Å²) in [6.07, 6.45) is 14.1. The van der Waals surface area contributed by atoms with E-state index < -0.39 is 18.1 Å². The monoisotopic (exact) mass is 699 g/mol. The zero-order chi connectivity index (χ0) is 36.0. The fourth-order valence-corrected chi connectivity index (χ4v) is 9.68. The molecule has 0 radical (unpaired) electrons. The number of aliphatic hydroxyl groups is 2. The number of benzene rings is 1. The van der Waals surface area contributed by atoms with E-state index in [1.165, 1.54) is 39.2 Å². The Bertz CT molecular complexity index is 1590. The smallest absolute Gasteiger partial charge is 0.160 e. The highest BCUT2D eigenvalue weighted by molar-refractivity contribution is 5.85. The van der Waals surface area contributed by atoms with Crippen molar-refractivity contribution in [3.63, 3.8) is 0 Å². The molecule has 4 aliphatic rings. The van der Waals surface area contributed by atoms with Gasteiger partial charge in [0.1, 0.15) is 17.5 Å². The highest BCUT2D eigenvalue weighted by Gasteiger charge is 2.45. The number of methoxy groups -OCH3 is 1. The number of phenols is 1. The van der Waals surface area contributed by atoms with Crippen LogP contribution in [-0.4, -0.2) is 63.8 Å². The molecule has 2 heterocycles. The number of aromatic nitrogens is 1. The molecule has 9 heteroatoms. The lowest BCUT2D eigenvalue weighted by Crippen LogP contribution is -2.52. The number of nitrogens with two attached hydrogens (primary N) is 1. The molecule has 3 fully saturated rings. The molecule has 0 spiro atoms. The third-order valence-corrected chi connectivity index (χ3v) is 12.7. The molecule has 1 aliphatic heterocycles. The van der Waals surface area contributed by atoms with Crippen LogP contribution in [0.4, 0.5) is 5.82 Å². The number of aromatic hydroxyl groups is 1. The van der Waals surface area contributed by atoms with E-state index in [0.29, 0.717) is 86.6 Å². The second-order valence-electron chi connectivity index (χ2n) is 15.9. The van der Waals surface area contributed by atoms with Crippen molar-refractivity contribution in [2.45, 2.75) is 133 Å². The molecule has 6 N–H and O–H groups in total. The van der Waals surface area contributed by atoms with Gasteiger partial charge in [-0.05, 0) is 135 Å². The second kappa shape index (κ2) is 16.9. The third kappa shape index (κ3) is 9.14. The number of fused-ring (bicyclic) bond motifs is 2. The first-order valence-electron chi connectivity index (χ1n) is 19.4. The number of hydrogen-bond acceptors (Lipinski definition) is 9. The van der Waals surface area contributed by atoms with Gasteiger partial charge in [-0.15, -0.1) is 0 Å². The van der Waals surface area contributed by atoms with Gasteiger partial charge in [-0.3, -0.25) is 9.59 Å². The minimum Gasteiger partial charge on any atom is -0.504 e. The van der Waals surface area contributed by atoms with Crippen LogP contribution in [0.3, 0.4) is 0 Å². The van der Waals surface area contributed by atoms with E-state index in [4.69, 9.17) is 10.5 Å². The van der Waals surface area contributed by atoms with Gasteiger partial charge in [-0.25, -0.2) is 4.98 Å². The second-order valence-corrected chi connectivity index (χ2v) is 15.9. The number of piperidine rings is 1. The summed E-state index contributed by atoms with van der Waals surface area (Å²) in [6.45, 7) is 0.971. The Morgan fingerprint density at radius 2 is 1.90 bits per heavy atom. The Morgan fingerprint density at radius 3 is 2.69 bits per heavy atom. The minimum atomic E-state index is -0.857. The first-order chi connectivity index (χ1) is 24.6. The number of nitrogen functional groups attached to an aromatic ring is 1. The number of carbonyl (C=O) groups excluding carboxylic acids is 2. The molecule has 0 amide bonds. The van der Waals surface area contributed by atoms with Crippen LogP contribution < -0.4 is 15.8 Å². The van der Waals surface area contributed by atoms with Crippen LogP contribution >= 0.6 is 0 Å². The number of anilines is 1. The van der Waals surface area contributed by atoms with Crippen LogP contribution in [0, 0.1) is 35.0 Å². The molecule has 9 nitrogen and oxygen atoms in total. The van der Waals surface area contributed by atoms with Crippen molar-refractivity contribution in [3.8, 4) is 23.3 Å². The summed E-state index contributed by atoms with van der Waals surface area (Å²) in [6, 6.07) is 7.54. The highest BCUT2D eigenvalue weighted by Crippen LogP contribution is 2.52. The molecule has 51 heavy (non-hydrogen) atoms. The van der Waals surface area contributed by atoms with Crippen LogP contribution in [0.5, 0.6) is 11.5 Å². The molecule has 2 aromatic rings. The summed E-state index contributed by atoms with van der Waals surface area (Å²) in [5.74, 6) is 7.78. The predicted molar refractivity (Wildman–Crippen MR) is 197 cm³/mol. The van der Waals surface area contributed by atoms with Gasteiger partial charge in [-0.1, -0.05) is 31.1 Å². The van der Waals surface area contributed by atoms with E-state index in [2.05, 4.69) is 22.1 Å². The number of aryl methyl sites for hydroxylation is 2. The molecule has 276 valence electrons. The van der Waals surface area contributed by atoms with Crippen LogP contribution in [0.1, 0.15) is 119 Å².